The van der Waals surface area contributed by atoms with Crippen LogP contribution in [0.15, 0.2) is 24.3 Å². The van der Waals surface area contributed by atoms with Gasteiger partial charge >= 0.3 is 11.9 Å². The highest BCUT2D eigenvalue weighted by Gasteiger charge is 2.30. The number of carbonyl (C=O) groups is 2. The van der Waals surface area contributed by atoms with Crippen LogP contribution in [-0.4, -0.2) is 18.5 Å². The van der Waals surface area contributed by atoms with Gasteiger partial charge in [0.2, 0.25) is 0 Å². The van der Waals surface area contributed by atoms with E-state index in [1.165, 1.54) is 141 Å². The summed E-state index contributed by atoms with van der Waals surface area (Å²) in [6.45, 7) is 5.38. The molecule has 222 valence electrons. The van der Waals surface area contributed by atoms with E-state index in [-0.39, 0.29) is 12.3 Å². The third-order valence-corrected chi connectivity index (χ3v) is 7.21. The maximum atomic E-state index is 11.2. The molecule has 1 aliphatic rings. The zero-order valence-electron chi connectivity index (χ0n) is 25.4. The van der Waals surface area contributed by atoms with Crippen molar-refractivity contribution in [1.29, 1.82) is 0 Å². The first-order valence-corrected chi connectivity index (χ1v) is 16.4. The Labute approximate surface area is 236 Å². The Morgan fingerprint density at radius 1 is 0.605 bits per heavy atom. The summed E-state index contributed by atoms with van der Waals surface area (Å²) in [6.07, 6.45) is 39.4. The summed E-state index contributed by atoms with van der Waals surface area (Å²) in [4.78, 5) is 22.1. The van der Waals surface area contributed by atoms with Crippen molar-refractivity contribution in [2.24, 2.45) is 11.7 Å². The van der Waals surface area contributed by atoms with Crippen LogP contribution in [-0.2, 0) is 14.3 Å². The molecule has 0 radical (unpaired) electrons. The van der Waals surface area contributed by atoms with Crippen molar-refractivity contribution in [2.75, 3.05) is 6.54 Å². The summed E-state index contributed by atoms with van der Waals surface area (Å²) in [7, 11) is 0. The third-order valence-electron chi connectivity index (χ3n) is 7.21. The maximum Gasteiger partial charge on any atom is 0.321 e. The van der Waals surface area contributed by atoms with E-state index < -0.39 is 11.9 Å². The molecule has 0 spiro atoms. The minimum absolute atomic E-state index is 0.215. The monoisotopic (exact) mass is 533 g/mol. The fourth-order valence-corrected chi connectivity index (χ4v) is 4.69. The van der Waals surface area contributed by atoms with Gasteiger partial charge in [-0.25, -0.2) is 0 Å². The van der Waals surface area contributed by atoms with E-state index in [1.807, 2.05) is 12.2 Å². The summed E-state index contributed by atoms with van der Waals surface area (Å²) in [5.41, 5.74) is 5.47. The van der Waals surface area contributed by atoms with E-state index in [0.29, 0.717) is 0 Å². The molecule has 1 fully saturated rings. The van der Waals surface area contributed by atoms with Gasteiger partial charge < -0.3 is 10.5 Å². The van der Waals surface area contributed by atoms with E-state index in [2.05, 4.69) is 30.7 Å². The van der Waals surface area contributed by atoms with Crippen LogP contribution in [0.5, 0.6) is 0 Å². The molecule has 0 amide bonds. The zero-order valence-corrected chi connectivity index (χ0v) is 25.4. The Bertz CT molecular complexity index is 584. The minimum atomic E-state index is -0.397. The van der Waals surface area contributed by atoms with E-state index in [4.69, 9.17) is 5.73 Å². The van der Waals surface area contributed by atoms with Crippen molar-refractivity contribution in [3.63, 3.8) is 0 Å². The molecule has 38 heavy (non-hydrogen) atoms. The molecule has 1 saturated heterocycles. The molecule has 2 N–H and O–H groups in total. The summed E-state index contributed by atoms with van der Waals surface area (Å²) >= 11 is 0. The molecule has 0 aromatic heterocycles. The highest BCUT2D eigenvalue weighted by molar-refractivity contribution is 5.95. The molecule has 1 atom stereocenters. The molecule has 0 saturated carbocycles. The normalized spacial score (nSPS) is 15.4. The number of allylic oxidation sites excluding steroid dienone is 3. The van der Waals surface area contributed by atoms with Gasteiger partial charge in [0.25, 0.3) is 0 Å². The van der Waals surface area contributed by atoms with Crippen LogP contribution in [0.2, 0.25) is 0 Å². The molecule has 1 heterocycles. The Balaban J connectivity index is 0.000000721. The lowest BCUT2D eigenvalue weighted by Gasteiger charge is -2.00. The van der Waals surface area contributed by atoms with Gasteiger partial charge in [0.15, 0.2) is 0 Å². The van der Waals surface area contributed by atoms with Gasteiger partial charge in [-0.1, -0.05) is 141 Å². The summed E-state index contributed by atoms with van der Waals surface area (Å²) in [5, 5.41) is 0. The lowest BCUT2D eigenvalue weighted by molar-refractivity contribution is -0.152. The van der Waals surface area contributed by atoms with Gasteiger partial charge in [-0.05, 0) is 51.5 Å². The Kier molecular flexibility index (Phi) is 29.0. The number of rotatable bonds is 25. The number of cyclic esters (lactones) is 2. The molecule has 0 aromatic carbocycles. The van der Waals surface area contributed by atoms with Crippen molar-refractivity contribution >= 4 is 11.9 Å². The van der Waals surface area contributed by atoms with Crippen LogP contribution >= 0.6 is 0 Å². The molecule has 1 unspecified atom stereocenters. The molecular formula is C34H63NO3. The second-order valence-electron chi connectivity index (χ2n) is 11.0. The molecule has 0 aliphatic carbocycles. The molecule has 1 aliphatic heterocycles. The van der Waals surface area contributed by atoms with Crippen LogP contribution in [0, 0.1) is 5.92 Å². The van der Waals surface area contributed by atoms with Gasteiger partial charge in [-0.3, -0.25) is 9.59 Å². The van der Waals surface area contributed by atoms with Crippen LogP contribution in [0.4, 0.5) is 0 Å². The number of unbranched alkanes of at least 4 members (excludes halogenated alkanes) is 20. The predicted octanol–water partition coefficient (Wildman–Crippen LogP) is 10.1. The van der Waals surface area contributed by atoms with E-state index >= 15 is 0 Å². The number of ether oxygens (including phenoxy) is 1. The maximum absolute atomic E-state index is 11.2. The van der Waals surface area contributed by atoms with Crippen LogP contribution in [0.3, 0.4) is 0 Å². The van der Waals surface area contributed by atoms with Gasteiger partial charge in [0.05, 0.1) is 12.3 Å². The SMILES string of the molecule is CCCCCCCC/C=C/CCCCCCCCN.CCCCCCCCCC/C=C/C1CC(=O)OC1=O. The minimum Gasteiger partial charge on any atom is -0.393 e. The highest BCUT2D eigenvalue weighted by Crippen LogP contribution is 2.18. The van der Waals surface area contributed by atoms with Crippen LogP contribution in [0.1, 0.15) is 168 Å². The van der Waals surface area contributed by atoms with E-state index in [1.54, 1.807) is 0 Å². The van der Waals surface area contributed by atoms with Crippen molar-refractivity contribution in [3.8, 4) is 0 Å². The van der Waals surface area contributed by atoms with Gasteiger partial charge in [0, 0.05) is 0 Å². The molecular weight excluding hydrogens is 470 g/mol. The first kappa shape index (κ1) is 36.6. The largest absolute Gasteiger partial charge is 0.393 e. The van der Waals surface area contributed by atoms with E-state index in [0.717, 1.165) is 13.0 Å². The van der Waals surface area contributed by atoms with Crippen molar-refractivity contribution in [3.05, 3.63) is 24.3 Å². The fourth-order valence-electron chi connectivity index (χ4n) is 4.69. The van der Waals surface area contributed by atoms with Crippen molar-refractivity contribution < 1.29 is 14.3 Å². The molecule has 4 heteroatoms. The Hall–Kier alpha value is -1.42. The third kappa shape index (κ3) is 26.2. The van der Waals surface area contributed by atoms with Gasteiger partial charge in [-0.15, -0.1) is 0 Å². The zero-order chi connectivity index (χ0) is 27.9. The first-order chi connectivity index (χ1) is 18.7. The predicted molar refractivity (Wildman–Crippen MR) is 164 cm³/mol. The van der Waals surface area contributed by atoms with Gasteiger partial charge in [-0.2, -0.15) is 0 Å². The number of hydrogen-bond acceptors (Lipinski definition) is 4. The lowest BCUT2D eigenvalue weighted by atomic mass is 10.0. The highest BCUT2D eigenvalue weighted by atomic mass is 16.6. The van der Waals surface area contributed by atoms with Gasteiger partial charge in [0.1, 0.15) is 0 Å². The Morgan fingerprint density at radius 2 is 1.00 bits per heavy atom. The summed E-state index contributed by atoms with van der Waals surface area (Å²) < 4.78 is 4.49. The Morgan fingerprint density at radius 3 is 1.39 bits per heavy atom. The summed E-state index contributed by atoms with van der Waals surface area (Å²) in [6, 6.07) is 0. The number of hydrogen-bond donors (Lipinski definition) is 1. The number of nitrogens with two attached hydrogens (primary N) is 1. The second kappa shape index (κ2) is 30.1. The first-order valence-electron chi connectivity index (χ1n) is 16.4. The van der Waals surface area contributed by atoms with Crippen LogP contribution < -0.4 is 5.73 Å². The quantitative estimate of drug-likeness (QED) is 0.0548. The standard InChI is InChI=1S/C18H37N.C16H26O3/c1-2-3-4-5-6-7-8-9-10-11-12-13-14-15-16-17-18-19;1-2-3-4-5-6-7-8-9-10-11-12-14-13-15(17)19-16(14)18/h9-10H,2-8,11-19H2,1H3;11-12,14H,2-10,13H2,1H3/b10-9+;12-11+. The van der Waals surface area contributed by atoms with Crippen molar-refractivity contribution in [2.45, 2.75) is 168 Å². The molecule has 0 bridgehead atoms. The molecule has 0 aromatic rings. The van der Waals surface area contributed by atoms with E-state index in [9.17, 15) is 9.59 Å². The summed E-state index contributed by atoms with van der Waals surface area (Å²) in [5.74, 6) is -1.12. The van der Waals surface area contributed by atoms with Crippen LogP contribution in [0.25, 0.3) is 0 Å². The number of carbonyl (C=O) groups excluding carboxylic acids is 2. The second-order valence-corrected chi connectivity index (χ2v) is 11.0. The topological polar surface area (TPSA) is 69.4 Å². The fraction of sp³-hybridized carbons (Fsp3) is 0.824. The lowest BCUT2D eigenvalue weighted by Crippen LogP contribution is -2.03. The molecule has 4 nitrogen and oxygen atoms in total. The number of esters is 2. The van der Waals surface area contributed by atoms with Crippen molar-refractivity contribution in [1.82, 2.24) is 0 Å². The average Bonchev–Trinajstić information content (AvgIpc) is 3.24. The average molecular weight is 534 g/mol. The molecule has 1 rings (SSSR count). The smallest absolute Gasteiger partial charge is 0.321 e.